The Morgan fingerprint density at radius 2 is 1.83 bits per heavy atom. The Bertz CT molecular complexity index is 1210. The Balaban J connectivity index is 1.91. The third-order valence-corrected chi connectivity index (χ3v) is 5.04. The molecule has 152 valence electrons. The first-order valence-electron chi connectivity index (χ1n) is 9.66. The number of pyridine rings is 1. The zero-order valence-corrected chi connectivity index (χ0v) is 17.2. The van der Waals surface area contributed by atoms with Crippen molar-refractivity contribution in [1.29, 1.82) is 0 Å². The maximum Gasteiger partial charge on any atom is 0.408 e. The predicted octanol–water partition coefficient (Wildman–Crippen LogP) is 5.16. The molecule has 0 saturated heterocycles. The van der Waals surface area contributed by atoms with E-state index in [2.05, 4.69) is 11.4 Å². The summed E-state index contributed by atoms with van der Waals surface area (Å²) >= 11 is 0. The summed E-state index contributed by atoms with van der Waals surface area (Å²) in [5.41, 5.74) is 4.66. The Hall–Kier alpha value is -3.80. The fourth-order valence-electron chi connectivity index (χ4n) is 3.53. The standard InChI is InChI=1S/C24H23N3O3/c1-16-9-12-21-20(13-17-10-11-19(29-3)14-22(17)26-21)23(16)27(15-30-24(28)25-2)18-7-5-4-6-8-18/h4-14H,15H2,1-3H3,(H,25,28). The van der Waals surface area contributed by atoms with Crippen molar-refractivity contribution in [2.75, 3.05) is 25.8 Å². The lowest BCUT2D eigenvalue weighted by atomic mass is 10.0. The molecule has 4 aromatic rings. The van der Waals surface area contributed by atoms with Gasteiger partial charge < -0.3 is 19.7 Å². The van der Waals surface area contributed by atoms with Crippen LogP contribution in [0.25, 0.3) is 21.8 Å². The number of aryl methyl sites for hydroxylation is 1. The number of alkyl carbamates (subject to hydrolysis) is 1. The number of carbonyl (C=O) groups is 1. The molecule has 1 N–H and O–H groups in total. The van der Waals surface area contributed by atoms with E-state index >= 15 is 0 Å². The van der Waals surface area contributed by atoms with E-state index in [9.17, 15) is 4.79 Å². The summed E-state index contributed by atoms with van der Waals surface area (Å²) in [6.07, 6.45) is -0.482. The number of aromatic nitrogens is 1. The van der Waals surface area contributed by atoms with E-state index in [0.717, 1.165) is 44.5 Å². The quantitative estimate of drug-likeness (QED) is 0.370. The van der Waals surface area contributed by atoms with Crippen molar-refractivity contribution in [2.24, 2.45) is 0 Å². The number of hydrogen-bond donors (Lipinski definition) is 1. The number of fused-ring (bicyclic) bond motifs is 2. The number of benzene rings is 3. The van der Waals surface area contributed by atoms with Crippen molar-refractivity contribution < 1.29 is 14.3 Å². The van der Waals surface area contributed by atoms with Crippen LogP contribution >= 0.6 is 0 Å². The minimum absolute atomic E-state index is 0.0737. The first-order chi connectivity index (χ1) is 14.6. The second kappa shape index (κ2) is 8.29. The van der Waals surface area contributed by atoms with Crippen molar-refractivity contribution in [3.63, 3.8) is 0 Å². The van der Waals surface area contributed by atoms with E-state index in [1.807, 2.05) is 72.5 Å². The number of amides is 1. The fraction of sp³-hybridized carbons (Fsp3) is 0.167. The van der Waals surface area contributed by atoms with Crippen molar-refractivity contribution in [1.82, 2.24) is 10.3 Å². The second-order valence-electron chi connectivity index (χ2n) is 6.92. The molecule has 3 aromatic carbocycles. The van der Waals surface area contributed by atoms with Gasteiger partial charge >= 0.3 is 6.09 Å². The molecule has 0 aliphatic rings. The van der Waals surface area contributed by atoms with Gasteiger partial charge in [-0.15, -0.1) is 0 Å². The van der Waals surface area contributed by atoms with E-state index in [1.54, 1.807) is 14.2 Å². The van der Waals surface area contributed by atoms with Crippen LogP contribution in [0.15, 0.2) is 66.7 Å². The molecule has 1 heterocycles. The van der Waals surface area contributed by atoms with Gasteiger partial charge in [-0.2, -0.15) is 0 Å². The molecular formula is C24H23N3O3. The van der Waals surface area contributed by atoms with Crippen LogP contribution in [0.4, 0.5) is 16.2 Å². The van der Waals surface area contributed by atoms with Crippen LogP contribution < -0.4 is 15.0 Å². The van der Waals surface area contributed by atoms with E-state index in [-0.39, 0.29) is 6.73 Å². The van der Waals surface area contributed by atoms with Crippen LogP contribution in [0.3, 0.4) is 0 Å². The summed E-state index contributed by atoms with van der Waals surface area (Å²) < 4.78 is 10.8. The van der Waals surface area contributed by atoms with Gasteiger partial charge in [0.1, 0.15) is 5.75 Å². The predicted molar refractivity (Wildman–Crippen MR) is 120 cm³/mol. The van der Waals surface area contributed by atoms with Crippen molar-refractivity contribution >= 4 is 39.3 Å². The highest BCUT2D eigenvalue weighted by Crippen LogP contribution is 2.36. The minimum atomic E-state index is -0.482. The Morgan fingerprint density at radius 1 is 1.03 bits per heavy atom. The number of nitrogens with one attached hydrogen (secondary N) is 1. The van der Waals surface area contributed by atoms with Gasteiger partial charge in [0.05, 0.1) is 23.8 Å². The molecule has 30 heavy (non-hydrogen) atoms. The van der Waals surface area contributed by atoms with Crippen LogP contribution in [-0.4, -0.2) is 32.0 Å². The molecule has 1 amide bonds. The number of nitrogens with zero attached hydrogens (tertiary/aromatic N) is 2. The maximum absolute atomic E-state index is 11.8. The third-order valence-electron chi connectivity index (χ3n) is 5.04. The largest absolute Gasteiger partial charge is 0.497 e. The number of carbonyl (C=O) groups excluding carboxylic acids is 1. The monoisotopic (exact) mass is 401 g/mol. The summed E-state index contributed by atoms with van der Waals surface area (Å²) in [5.74, 6) is 0.770. The van der Waals surface area contributed by atoms with Crippen LogP contribution in [-0.2, 0) is 4.74 Å². The number of ether oxygens (including phenoxy) is 2. The maximum atomic E-state index is 11.8. The highest BCUT2D eigenvalue weighted by molar-refractivity contribution is 6.02. The van der Waals surface area contributed by atoms with E-state index in [4.69, 9.17) is 14.5 Å². The molecule has 6 nitrogen and oxygen atoms in total. The smallest absolute Gasteiger partial charge is 0.408 e. The van der Waals surface area contributed by atoms with Gasteiger partial charge in [-0.25, -0.2) is 9.78 Å². The zero-order chi connectivity index (χ0) is 21.1. The Labute approximate surface area is 175 Å². The molecule has 0 atom stereocenters. The van der Waals surface area contributed by atoms with Crippen molar-refractivity contribution in [2.45, 2.75) is 6.92 Å². The minimum Gasteiger partial charge on any atom is -0.497 e. The van der Waals surface area contributed by atoms with Gasteiger partial charge in [0.15, 0.2) is 6.73 Å². The molecule has 6 heteroatoms. The van der Waals surface area contributed by atoms with E-state index < -0.39 is 6.09 Å². The van der Waals surface area contributed by atoms with Gasteiger partial charge in [0, 0.05) is 29.6 Å². The van der Waals surface area contributed by atoms with Gasteiger partial charge in [-0.05, 0) is 48.9 Å². The van der Waals surface area contributed by atoms with Gasteiger partial charge in [0.2, 0.25) is 0 Å². The molecule has 4 rings (SSSR count). The average Bonchev–Trinajstić information content (AvgIpc) is 2.79. The molecule has 0 spiro atoms. The van der Waals surface area contributed by atoms with Gasteiger partial charge in [-0.1, -0.05) is 24.3 Å². The van der Waals surface area contributed by atoms with Crippen LogP contribution in [0.5, 0.6) is 5.75 Å². The normalized spacial score (nSPS) is 10.8. The fourth-order valence-corrected chi connectivity index (χ4v) is 3.53. The zero-order valence-electron chi connectivity index (χ0n) is 17.2. The number of rotatable bonds is 5. The molecule has 0 radical (unpaired) electrons. The lowest BCUT2D eigenvalue weighted by Gasteiger charge is -2.27. The Kier molecular flexibility index (Phi) is 5.39. The lowest BCUT2D eigenvalue weighted by molar-refractivity contribution is 0.151. The van der Waals surface area contributed by atoms with Crippen LogP contribution in [0.2, 0.25) is 0 Å². The average molecular weight is 401 g/mol. The molecule has 0 bridgehead atoms. The number of methoxy groups -OCH3 is 1. The first-order valence-corrected chi connectivity index (χ1v) is 9.66. The van der Waals surface area contributed by atoms with E-state index in [1.165, 1.54) is 0 Å². The number of para-hydroxylation sites is 1. The molecule has 1 aromatic heterocycles. The third kappa shape index (κ3) is 3.72. The van der Waals surface area contributed by atoms with Crippen LogP contribution in [0.1, 0.15) is 5.56 Å². The highest BCUT2D eigenvalue weighted by atomic mass is 16.6. The van der Waals surface area contributed by atoms with Gasteiger partial charge in [-0.3, -0.25) is 0 Å². The summed E-state index contributed by atoms with van der Waals surface area (Å²) in [4.78, 5) is 18.6. The summed E-state index contributed by atoms with van der Waals surface area (Å²) in [7, 11) is 3.19. The molecule has 0 aliphatic heterocycles. The summed E-state index contributed by atoms with van der Waals surface area (Å²) in [6.45, 7) is 2.12. The molecule has 0 fully saturated rings. The number of anilines is 2. The van der Waals surface area contributed by atoms with Crippen LogP contribution in [0, 0.1) is 6.92 Å². The molecular weight excluding hydrogens is 378 g/mol. The first kappa shape index (κ1) is 19.5. The summed E-state index contributed by atoms with van der Waals surface area (Å²) in [5, 5.41) is 4.49. The Morgan fingerprint density at radius 3 is 2.57 bits per heavy atom. The molecule has 0 aliphatic carbocycles. The van der Waals surface area contributed by atoms with E-state index in [0.29, 0.717) is 0 Å². The number of hydrogen-bond acceptors (Lipinski definition) is 5. The topological polar surface area (TPSA) is 63.7 Å². The van der Waals surface area contributed by atoms with Gasteiger partial charge in [0.25, 0.3) is 0 Å². The highest BCUT2D eigenvalue weighted by Gasteiger charge is 2.18. The lowest BCUT2D eigenvalue weighted by Crippen LogP contribution is -2.28. The SMILES string of the molecule is CNC(=O)OCN(c1ccccc1)c1c(C)ccc2nc3cc(OC)ccc3cc12. The summed E-state index contributed by atoms with van der Waals surface area (Å²) in [6, 6.07) is 21.9. The second-order valence-corrected chi connectivity index (χ2v) is 6.92. The molecule has 0 unspecified atom stereocenters. The van der Waals surface area contributed by atoms with Crippen molar-refractivity contribution in [3.8, 4) is 5.75 Å². The van der Waals surface area contributed by atoms with Crippen molar-refractivity contribution in [3.05, 3.63) is 72.3 Å². The molecule has 0 saturated carbocycles.